The molecule has 0 spiro atoms. The zero-order valence-corrected chi connectivity index (χ0v) is 14.8. The van der Waals surface area contributed by atoms with Gasteiger partial charge in [0.1, 0.15) is 5.75 Å². The molecule has 122 valence electrons. The second-order valence-electron chi connectivity index (χ2n) is 5.63. The average molecular weight is 372 g/mol. The standard InChI is InChI=1S/C18H16Cl2O2.ClH/c19-16-8-3-13(9-17(16)20)10-18(21)14-4-6-15(7-5-14)22-11-12-1-2-12;/h3-9,12H,1-2,10-11H2;1H. The van der Waals surface area contributed by atoms with Crippen molar-refractivity contribution in [1.29, 1.82) is 0 Å². The molecular formula is C18H17Cl3O2. The zero-order valence-electron chi connectivity index (χ0n) is 12.4. The minimum absolute atomic E-state index is 0. The molecule has 2 nitrogen and oxygen atoms in total. The van der Waals surface area contributed by atoms with Gasteiger partial charge in [0.15, 0.2) is 5.78 Å². The number of ether oxygens (including phenoxy) is 1. The Balaban J connectivity index is 0.00000192. The first-order valence-corrected chi connectivity index (χ1v) is 8.07. The van der Waals surface area contributed by atoms with Crippen molar-refractivity contribution >= 4 is 41.4 Å². The summed E-state index contributed by atoms with van der Waals surface area (Å²) in [6.45, 7) is 0.774. The van der Waals surface area contributed by atoms with Crippen LogP contribution in [-0.4, -0.2) is 12.4 Å². The first-order valence-electron chi connectivity index (χ1n) is 7.32. The number of halogens is 3. The minimum Gasteiger partial charge on any atom is -0.493 e. The Kier molecular flexibility index (Phi) is 6.34. The third kappa shape index (κ3) is 5.13. The van der Waals surface area contributed by atoms with Crippen molar-refractivity contribution in [3.8, 4) is 5.75 Å². The maximum atomic E-state index is 12.3. The van der Waals surface area contributed by atoms with Crippen LogP contribution in [0.5, 0.6) is 5.75 Å². The van der Waals surface area contributed by atoms with Crippen LogP contribution in [0.15, 0.2) is 42.5 Å². The van der Waals surface area contributed by atoms with E-state index in [1.165, 1.54) is 12.8 Å². The number of carbonyl (C=O) groups excluding carboxylic acids is 1. The maximum Gasteiger partial charge on any atom is 0.167 e. The van der Waals surface area contributed by atoms with Crippen LogP contribution in [0, 0.1) is 5.92 Å². The molecule has 0 unspecified atom stereocenters. The van der Waals surface area contributed by atoms with Gasteiger partial charge in [-0.05, 0) is 60.7 Å². The number of carbonyl (C=O) groups is 1. The topological polar surface area (TPSA) is 26.3 Å². The van der Waals surface area contributed by atoms with Gasteiger partial charge in [0.05, 0.1) is 16.7 Å². The van der Waals surface area contributed by atoms with E-state index in [-0.39, 0.29) is 18.2 Å². The summed E-state index contributed by atoms with van der Waals surface area (Å²) >= 11 is 11.8. The molecule has 0 bridgehead atoms. The number of rotatable bonds is 6. The molecule has 0 heterocycles. The van der Waals surface area contributed by atoms with Gasteiger partial charge < -0.3 is 4.74 Å². The third-order valence-corrected chi connectivity index (χ3v) is 4.45. The molecule has 0 atom stereocenters. The Morgan fingerprint density at radius 1 is 1.04 bits per heavy atom. The molecule has 3 rings (SSSR count). The van der Waals surface area contributed by atoms with E-state index in [1.54, 1.807) is 12.1 Å². The zero-order chi connectivity index (χ0) is 15.5. The normalized spacial score (nSPS) is 13.3. The highest BCUT2D eigenvalue weighted by Crippen LogP contribution is 2.29. The molecule has 1 aliphatic rings. The Bertz CT molecular complexity index is 679. The molecule has 1 aliphatic carbocycles. The Morgan fingerprint density at radius 3 is 2.35 bits per heavy atom. The number of hydrogen-bond donors (Lipinski definition) is 0. The molecule has 5 heteroatoms. The van der Waals surface area contributed by atoms with Gasteiger partial charge in [-0.25, -0.2) is 0 Å². The van der Waals surface area contributed by atoms with E-state index in [0.717, 1.165) is 23.8 Å². The van der Waals surface area contributed by atoms with E-state index < -0.39 is 0 Å². The van der Waals surface area contributed by atoms with Crippen molar-refractivity contribution in [3.05, 3.63) is 63.6 Å². The molecule has 23 heavy (non-hydrogen) atoms. The fourth-order valence-corrected chi connectivity index (χ4v) is 2.49. The molecule has 0 radical (unpaired) electrons. The lowest BCUT2D eigenvalue weighted by atomic mass is 10.0. The van der Waals surface area contributed by atoms with Gasteiger partial charge >= 0.3 is 0 Å². The van der Waals surface area contributed by atoms with Crippen molar-refractivity contribution in [2.45, 2.75) is 19.3 Å². The molecule has 1 saturated carbocycles. The number of Topliss-reactive ketones (excluding diaryl/α,β-unsaturated/α-hetero) is 1. The molecule has 2 aromatic carbocycles. The molecule has 2 aromatic rings. The van der Waals surface area contributed by atoms with Crippen molar-refractivity contribution < 1.29 is 9.53 Å². The van der Waals surface area contributed by atoms with Crippen LogP contribution >= 0.6 is 35.6 Å². The number of hydrogen-bond acceptors (Lipinski definition) is 2. The van der Waals surface area contributed by atoms with Gasteiger partial charge in [0.25, 0.3) is 0 Å². The first-order chi connectivity index (χ1) is 10.6. The molecule has 0 aromatic heterocycles. The van der Waals surface area contributed by atoms with Gasteiger partial charge in [-0.15, -0.1) is 12.4 Å². The van der Waals surface area contributed by atoms with E-state index in [1.807, 2.05) is 30.3 Å². The Labute approximate surface area is 152 Å². The Hall–Kier alpha value is -1.22. The van der Waals surface area contributed by atoms with Crippen molar-refractivity contribution in [1.82, 2.24) is 0 Å². The quantitative estimate of drug-likeness (QED) is 0.615. The predicted molar refractivity (Wildman–Crippen MR) is 96.4 cm³/mol. The van der Waals surface area contributed by atoms with Gasteiger partial charge in [-0.1, -0.05) is 29.3 Å². The highest BCUT2D eigenvalue weighted by molar-refractivity contribution is 6.42. The summed E-state index contributed by atoms with van der Waals surface area (Å²) in [6.07, 6.45) is 2.83. The maximum absolute atomic E-state index is 12.3. The summed E-state index contributed by atoms with van der Waals surface area (Å²) in [4.78, 5) is 12.3. The van der Waals surface area contributed by atoms with E-state index in [9.17, 15) is 4.79 Å². The van der Waals surface area contributed by atoms with E-state index in [4.69, 9.17) is 27.9 Å². The van der Waals surface area contributed by atoms with Crippen LogP contribution in [0.1, 0.15) is 28.8 Å². The fraction of sp³-hybridized carbons (Fsp3) is 0.278. The van der Waals surface area contributed by atoms with Crippen molar-refractivity contribution in [3.63, 3.8) is 0 Å². The summed E-state index contributed by atoms with van der Waals surface area (Å²) in [5, 5.41) is 0.964. The second-order valence-corrected chi connectivity index (χ2v) is 6.44. The van der Waals surface area contributed by atoms with Gasteiger partial charge in [-0.2, -0.15) is 0 Å². The highest BCUT2D eigenvalue weighted by Gasteiger charge is 2.21. The first kappa shape index (κ1) is 18.1. The molecule has 0 saturated heterocycles. The third-order valence-electron chi connectivity index (χ3n) is 3.71. The van der Waals surface area contributed by atoms with Crippen LogP contribution < -0.4 is 4.74 Å². The van der Waals surface area contributed by atoms with Gasteiger partial charge in [0, 0.05) is 12.0 Å². The van der Waals surface area contributed by atoms with Crippen molar-refractivity contribution in [2.24, 2.45) is 5.92 Å². The molecule has 0 aliphatic heterocycles. The summed E-state index contributed by atoms with van der Waals surface area (Å²) in [5.41, 5.74) is 1.53. The highest BCUT2D eigenvalue weighted by atomic mass is 35.5. The summed E-state index contributed by atoms with van der Waals surface area (Å²) < 4.78 is 5.67. The predicted octanol–water partition coefficient (Wildman–Crippen LogP) is 5.63. The van der Waals surface area contributed by atoms with Crippen molar-refractivity contribution in [2.75, 3.05) is 6.61 Å². The fourth-order valence-electron chi connectivity index (χ4n) is 2.17. The summed E-state index contributed by atoms with van der Waals surface area (Å²) in [7, 11) is 0. The summed E-state index contributed by atoms with van der Waals surface area (Å²) in [5.74, 6) is 1.58. The van der Waals surface area contributed by atoms with E-state index in [0.29, 0.717) is 22.0 Å². The van der Waals surface area contributed by atoms with E-state index >= 15 is 0 Å². The largest absolute Gasteiger partial charge is 0.493 e. The monoisotopic (exact) mass is 370 g/mol. The smallest absolute Gasteiger partial charge is 0.167 e. The number of benzene rings is 2. The van der Waals surface area contributed by atoms with Crippen LogP contribution in [-0.2, 0) is 6.42 Å². The van der Waals surface area contributed by atoms with Gasteiger partial charge in [-0.3, -0.25) is 4.79 Å². The molecule has 0 amide bonds. The minimum atomic E-state index is 0. The molecule has 1 fully saturated rings. The lowest BCUT2D eigenvalue weighted by Crippen LogP contribution is -2.04. The second kappa shape index (κ2) is 8.05. The molecule has 0 N–H and O–H groups in total. The van der Waals surface area contributed by atoms with Crippen LogP contribution in [0.3, 0.4) is 0 Å². The van der Waals surface area contributed by atoms with Gasteiger partial charge in [0.2, 0.25) is 0 Å². The van der Waals surface area contributed by atoms with Crippen LogP contribution in [0.2, 0.25) is 10.0 Å². The van der Waals surface area contributed by atoms with E-state index in [2.05, 4.69) is 0 Å². The lowest BCUT2D eigenvalue weighted by Gasteiger charge is -2.07. The van der Waals surface area contributed by atoms with Crippen LogP contribution in [0.4, 0.5) is 0 Å². The molecular weight excluding hydrogens is 355 g/mol. The SMILES string of the molecule is Cl.O=C(Cc1ccc(Cl)c(Cl)c1)c1ccc(OCC2CC2)cc1. The summed E-state index contributed by atoms with van der Waals surface area (Å²) in [6, 6.07) is 12.6. The number of ketones is 1. The van der Waals surface area contributed by atoms with Crippen LogP contribution in [0.25, 0.3) is 0 Å². The average Bonchev–Trinajstić information content (AvgIpc) is 3.34. The Morgan fingerprint density at radius 2 is 1.74 bits per heavy atom. The lowest BCUT2D eigenvalue weighted by molar-refractivity contribution is 0.0993.